The second-order valence-electron chi connectivity index (χ2n) is 15.2. The van der Waals surface area contributed by atoms with E-state index in [1.807, 2.05) is 0 Å². The average molecular weight is 749 g/mol. The van der Waals surface area contributed by atoms with Gasteiger partial charge in [0.25, 0.3) is 0 Å². The van der Waals surface area contributed by atoms with Crippen molar-refractivity contribution in [1.82, 2.24) is 0 Å². The Hall–Kier alpha value is -7.30. The zero-order valence-corrected chi connectivity index (χ0v) is 32.4. The van der Waals surface area contributed by atoms with Crippen LogP contribution < -0.4 is 9.80 Å². The fourth-order valence-corrected chi connectivity index (χ4v) is 8.64. The van der Waals surface area contributed by atoms with Gasteiger partial charge in [0.15, 0.2) is 0 Å². The Labute approximate surface area is 336 Å². The summed E-state index contributed by atoms with van der Waals surface area (Å²) in [6.07, 6.45) is 2.02. The number of benzene rings is 9. The predicted molar refractivity (Wildman–Crippen MR) is 244 cm³/mol. The van der Waals surface area contributed by atoms with E-state index in [4.69, 9.17) is 8.83 Å². The third-order valence-electron chi connectivity index (χ3n) is 11.7. The van der Waals surface area contributed by atoms with E-state index in [-0.39, 0.29) is 0 Å². The number of rotatable bonds is 8. The minimum absolute atomic E-state index is 0.818. The first-order valence-corrected chi connectivity index (χ1v) is 20.2. The predicted octanol–water partition coefficient (Wildman–Crippen LogP) is 15.9. The average Bonchev–Trinajstić information content (AvgIpc) is 3.83. The number of fused-ring (bicyclic) bond motifs is 9. The molecule has 2 aromatic heterocycles. The second kappa shape index (κ2) is 13.7. The molecule has 2 heterocycles. The summed E-state index contributed by atoms with van der Waals surface area (Å²) in [5.41, 5.74) is 12.7. The van der Waals surface area contributed by atoms with Crippen LogP contribution in [0.5, 0.6) is 0 Å². The second-order valence-corrected chi connectivity index (χ2v) is 15.2. The van der Waals surface area contributed by atoms with Crippen LogP contribution in [0, 0.1) is 0 Å². The third kappa shape index (κ3) is 5.68. The van der Waals surface area contributed by atoms with E-state index in [9.17, 15) is 0 Å². The van der Waals surface area contributed by atoms with Gasteiger partial charge in [-0.15, -0.1) is 0 Å². The van der Waals surface area contributed by atoms with Gasteiger partial charge >= 0.3 is 0 Å². The maximum atomic E-state index is 6.83. The summed E-state index contributed by atoms with van der Waals surface area (Å²) in [6.45, 7) is 4.38. The van der Waals surface area contributed by atoms with E-state index in [0.29, 0.717) is 0 Å². The molecule has 0 unspecified atom stereocenters. The zero-order chi connectivity index (χ0) is 38.7. The van der Waals surface area contributed by atoms with Crippen LogP contribution in [-0.4, -0.2) is 0 Å². The molecule has 4 nitrogen and oxygen atoms in total. The summed E-state index contributed by atoms with van der Waals surface area (Å²) in [4.78, 5) is 4.63. The largest absolute Gasteiger partial charge is 0.456 e. The van der Waals surface area contributed by atoms with Gasteiger partial charge in [-0.25, -0.2) is 0 Å². The lowest BCUT2D eigenvalue weighted by Crippen LogP contribution is -2.09. The number of hydrogen-bond donors (Lipinski definition) is 0. The molecule has 11 aromatic rings. The number of aryl methyl sites for hydroxylation is 2. The Morgan fingerprint density at radius 2 is 0.810 bits per heavy atom. The lowest BCUT2D eigenvalue weighted by molar-refractivity contribution is 0.663. The molecule has 0 aliphatic rings. The summed E-state index contributed by atoms with van der Waals surface area (Å²) in [6, 6.07) is 65.4. The van der Waals surface area contributed by atoms with Gasteiger partial charge in [-0.1, -0.05) is 86.6 Å². The Balaban J connectivity index is 1.02. The smallest absolute Gasteiger partial charge is 0.147 e. The van der Waals surface area contributed by atoms with Gasteiger partial charge in [-0.2, -0.15) is 0 Å². The molecule has 0 aliphatic carbocycles. The molecule has 0 saturated carbocycles. The topological polar surface area (TPSA) is 32.8 Å². The van der Waals surface area contributed by atoms with Crippen molar-refractivity contribution in [2.45, 2.75) is 26.7 Å². The highest BCUT2D eigenvalue weighted by atomic mass is 16.3. The number of anilines is 6. The van der Waals surface area contributed by atoms with E-state index >= 15 is 0 Å². The molecule has 0 atom stereocenters. The Kier molecular flexibility index (Phi) is 8.04. The quantitative estimate of drug-likeness (QED) is 0.155. The van der Waals surface area contributed by atoms with Gasteiger partial charge in [0, 0.05) is 50.3 Å². The van der Waals surface area contributed by atoms with Crippen molar-refractivity contribution in [2.75, 3.05) is 9.80 Å². The first kappa shape index (κ1) is 34.0. The monoisotopic (exact) mass is 748 g/mol. The molecule has 0 bridgehead atoms. The van der Waals surface area contributed by atoms with Crippen molar-refractivity contribution < 1.29 is 8.83 Å². The third-order valence-corrected chi connectivity index (χ3v) is 11.7. The lowest BCUT2D eigenvalue weighted by atomic mass is 10.0. The van der Waals surface area contributed by atoms with Crippen molar-refractivity contribution in [2.24, 2.45) is 0 Å². The summed E-state index contributed by atoms with van der Waals surface area (Å²) in [5.74, 6) is 0. The van der Waals surface area contributed by atoms with E-state index < -0.39 is 0 Å². The van der Waals surface area contributed by atoms with Gasteiger partial charge in [0.05, 0.1) is 5.39 Å². The summed E-state index contributed by atoms with van der Waals surface area (Å²) in [7, 11) is 0. The molecule has 9 aromatic carbocycles. The SMILES string of the molecule is CCc1ccc(N(c2ccccc2)c2ccc3cc4c(cc3c2)oc2c4ccc3oc4cc5cc(N(c6ccccc6)c6ccc(CC)cc6)ccc5cc4c32)cc1. The molecule has 4 heteroatoms. The highest BCUT2D eigenvalue weighted by molar-refractivity contribution is 6.24. The van der Waals surface area contributed by atoms with Crippen molar-refractivity contribution in [3.63, 3.8) is 0 Å². The highest BCUT2D eigenvalue weighted by Crippen LogP contribution is 2.44. The van der Waals surface area contributed by atoms with E-state index in [1.54, 1.807) is 0 Å². The molecule has 0 amide bonds. The minimum atomic E-state index is 0.818. The molecule has 0 N–H and O–H groups in total. The number of hydrogen-bond acceptors (Lipinski definition) is 4. The van der Waals surface area contributed by atoms with Gasteiger partial charge in [0.2, 0.25) is 0 Å². The lowest BCUT2D eigenvalue weighted by Gasteiger charge is -2.26. The van der Waals surface area contributed by atoms with Crippen LogP contribution in [-0.2, 0) is 12.8 Å². The fraction of sp³-hybridized carbons (Fsp3) is 0.0741. The van der Waals surface area contributed by atoms with Crippen LogP contribution in [0.3, 0.4) is 0 Å². The Morgan fingerprint density at radius 3 is 1.33 bits per heavy atom. The van der Waals surface area contributed by atoms with Crippen LogP contribution in [0.1, 0.15) is 25.0 Å². The first-order valence-electron chi connectivity index (χ1n) is 20.2. The van der Waals surface area contributed by atoms with Crippen LogP contribution >= 0.6 is 0 Å². The highest BCUT2D eigenvalue weighted by Gasteiger charge is 2.20. The standard InChI is InChI=1S/C54H40N2O2/c1-3-35-15-21-43(22-16-35)55(41-11-7-5-8-12-41)45-25-19-37-31-48-47-27-28-50-53(54(47)58-51(48)33-39(37)29-45)49-32-38-20-26-46(30-40(38)34-52(49)57-50)56(42-13-9-6-10-14-42)44-23-17-36(4-2)18-24-44/h5-34H,3-4H2,1-2H3. The minimum Gasteiger partial charge on any atom is -0.456 e. The molecular weight excluding hydrogens is 709 g/mol. The van der Waals surface area contributed by atoms with Gasteiger partial charge < -0.3 is 18.6 Å². The maximum Gasteiger partial charge on any atom is 0.147 e. The first-order chi connectivity index (χ1) is 28.6. The Bertz CT molecular complexity index is 3290. The molecule has 11 rings (SSSR count). The van der Waals surface area contributed by atoms with E-state index in [2.05, 4.69) is 206 Å². The zero-order valence-electron chi connectivity index (χ0n) is 32.4. The van der Waals surface area contributed by atoms with Gasteiger partial charge in [0.1, 0.15) is 22.3 Å². The van der Waals surface area contributed by atoms with Crippen molar-refractivity contribution in [3.05, 3.63) is 193 Å². The molecule has 0 spiro atoms. The van der Waals surface area contributed by atoms with Gasteiger partial charge in [-0.3, -0.25) is 0 Å². The molecule has 0 radical (unpaired) electrons. The fourth-order valence-electron chi connectivity index (χ4n) is 8.64. The Morgan fingerprint density at radius 1 is 0.345 bits per heavy atom. The molecule has 0 aliphatic heterocycles. The van der Waals surface area contributed by atoms with Crippen molar-refractivity contribution >= 4 is 99.5 Å². The molecule has 0 saturated heterocycles. The summed E-state index contributed by atoms with van der Waals surface area (Å²) >= 11 is 0. The number of nitrogens with zero attached hydrogens (tertiary/aromatic N) is 2. The van der Waals surface area contributed by atoms with Crippen LogP contribution in [0.25, 0.3) is 65.4 Å². The van der Waals surface area contributed by atoms with E-state index in [1.165, 1.54) is 11.1 Å². The van der Waals surface area contributed by atoms with Crippen molar-refractivity contribution in [3.8, 4) is 0 Å². The molecule has 278 valence electrons. The molecule has 0 fully saturated rings. The molecule has 58 heavy (non-hydrogen) atoms. The molecular formula is C54H40N2O2. The van der Waals surface area contributed by atoms with E-state index in [0.717, 1.165) is 112 Å². The normalized spacial score (nSPS) is 11.8. The number of para-hydroxylation sites is 2. The van der Waals surface area contributed by atoms with Crippen molar-refractivity contribution in [1.29, 1.82) is 0 Å². The van der Waals surface area contributed by atoms with Crippen LogP contribution in [0.2, 0.25) is 0 Å². The summed E-state index contributed by atoms with van der Waals surface area (Å²) in [5, 5.41) is 8.78. The number of furan rings is 2. The maximum absolute atomic E-state index is 6.83. The van der Waals surface area contributed by atoms with Crippen LogP contribution in [0.15, 0.2) is 191 Å². The van der Waals surface area contributed by atoms with Crippen LogP contribution in [0.4, 0.5) is 34.1 Å². The van der Waals surface area contributed by atoms with Gasteiger partial charge in [-0.05, 0) is 155 Å². The summed E-state index contributed by atoms with van der Waals surface area (Å²) < 4.78 is 13.4.